The molecule has 0 bridgehead atoms. The molecule has 0 aliphatic carbocycles. The van der Waals surface area contributed by atoms with Crippen molar-refractivity contribution in [3.05, 3.63) is 11.7 Å². The maximum Gasteiger partial charge on any atom is 0.245 e. The number of hydrogen-bond acceptors (Lipinski definition) is 5. The monoisotopic (exact) mass is 266 g/mol. The van der Waals surface area contributed by atoms with Gasteiger partial charge in [0.1, 0.15) is 5.54 Å². The minimum atomic E-state index is -0.805. The number of hydrogen-bond donors (Lipinski definition) is 1. The van der Waals surface area contributed by atoms with Gasteiger partial charge < -0.3 is 14.7 Å². The summed E-state index contributed by atoms with van der Waals surface area (Å²) in [6, 6.07) is 0. The Morgan fingerprint density at radius 3 is 2.89 bits per heavy atom. The summed E-state index contributed by atoms with van der Waals surface area (Å²) in [5.41, 5.74) is -0.805. The number of rotatable bonds is 3. The first-order chi connectivity index (χ1) is 8.91. The van der Waals surface area contributed by atoms with Gasteiger partial charge in [0.05, 0.1) is 0 Å². The molecule has 1 N–H and O–H groups in total. The molecule has 1 saturated heterocycles. The summed E-state index contributed by atoms with van der Waals surface area (Å²) < 4.78 is 4.96. The summed E-state index contributed by atoms with van der Waals surface area (Å²) in [5, 5.41) is 6.43. The summed E-state index contributed by atoms with van der Waals surface area (Å²) in [7, 11) is 0. The molecule has 7 heteroatoms. The van der Waals surface area contributed by atoms with E-state index in [9.17, 15) is 9.59 Å². The van der Waals surface area contributed by atoms with Crippen molar-refractivity contribution >= 4 is 11.8 Å². The molecule has 19 heavy (non-hydrogen) atoms. The van der Waals surface area contributed by atoms with E-state index in [1.54, 1.807) is 25.7 Å². The fraction of sp³-hybridized carbons (Fsp3) is 0.667. The van der Waals surface area contributed by atoms with Crippen LogP contribution in [0.25, 0.3) is 0 Å². The fourth-order valence-electron chi connectivity index (χ4n) is 2.13. The van der Waals surface area contributed by atoms with E-state index in [-0.39, 0.29) is 18.2 Å². The molecule has 0 aromatic carbocycles. The van der Waals surface area contributed by atoms with Gasteiger partial charge in [-0.25, -0.2) is 0 Å². The molecule has 0 saturated carbocycles. The first-order valence-electron chi connectivity index (χ1n) is 6.29. The third-order valence-electron chi connectivity index (χ3n) is 3.27. The normalized spacial score (nSPS) is 18.3. The van der Waals surface area contributed by atoms with Crippen LogP contribution < -0.4 is 5.32 Å². The Labute approximate surface area is 111 Å². The van der Waals surface area contributed by atoms with Crippen molar-refractivity contribution in [2.75, 3.05) is 13.1 Å². The summed E-state index contributed by atoms with van der Waals surface area (Å²) in [6.45, 7) is 6.24. The van der Waals surface area contributed by atoms with Crippen molar-refractivity contribution in [3.63, 3.8) is 0 Å². The van der Waals surface area contributed by atoms with Gasteiger partial charge in [0.25, 0.3) is 0 Å². The van der Waals surface area contributed by atoms with Gasteiger partial charge in [-0.3, -0.25) is 9.59 Å². The minimum absolute atomic E-state index is 0.0734. The molecule has 7 nitrogen and oxygen atoms in total. The first kappa shape index (κ1) is 13.5. The van der Waals surface area contributed by atoms with Gasteiger partial charge in [-0.05, 0) is 20.8 Å². The van der Waals surface area contributed by atoms with Gasteiger partial charge >= 0.3 is 0 Å². The number of carbonyl (C=O) groups is 2. The van der Waals surface area contributed by atoms with E-state index >= 15 is 0 Å². The van der Waals surface area contributed by atoms with Gasteiger partial charge in [0, 0.05) is 25.9 Å². The Kier molecular flexibility index (Phi) is 3.55. The van der Waals surface area contributed by atoms with Gasteiger partial charge in [-0.2, -0.15) is 4.98 Å². The highest BCUT2D eigenvalue weighted by Gasteiger charge is 2.40. The van der Waals surface area contributed by atoms with Crippen molar-refractivity contribution in [1.82, 2.24) is 20.4 Å². The number of aryl methyl sites for hydroxylation is 2. The topological polar surface area (TPSA) is 88.3 Å². The number of aromatic nitrogens is 2. The Morgan fingerprint density at radius 2 is 2.26 bits per heavy atom. The highest BCUT2D eigenvalue weighted by Crippen LogP contribution is 2.19. The molecular weight excluding hydrogens is 248 g/mol. The van der Waals surface area contributed by atoms with Gasteiger partial charge in [0.15, 0.2) is 5.82 Å². The first-order valence-corrected chi connectivity index (χ1v) is 6.29. The standard InChI is InChI=1S/C12H18N4O3/c1-8-14-9(19-15-8)4-5-10(17)16-7-6-13-11(18)12(16,2)3/h4-7H2,1-3H3,(H,13,18). The van der Waals surface area contributed by atoms with E-state index < -0.39 is 5.54 Å². The lowest BCUT2D eigenvalue weighted by Gasteiger charge is -2.41. The quantitative estimate of drug-likeness (QED) is 0.835. The lowest BCUT2D eigenvalue weighted by molar-refractivity contribution is -0.149. The van der Waals surface area contributed by atoms with Crippen LogP contribution in [0.2, 0.25) is 0 Å². The molecular formula is C12H18N4O3. The van der Waals surface area contributed by atoms with Crippen LogP contribution in [0.5, 0.6) is 0 Å². The third kappa shape index (κ3) is 2.74. The number of nitrogens with zero attached hydrogens (tertiary/aromatic N) is 3. The maximum atomic E-state index is 12.2. The molecule has 2 rings (SSSR count). The van der Waals surface area contributed by atoms with Gasteiger partial charge in [0.2, 0.25) is 17.7 Å². The Morgan fingerprint density at radius 1 is 1.53 bits per heavy atom. The third-order valence-corrected chi connectivity index (χ3v) is 3.27. The van der Waals surface area contributed by atoms with Crippen LogP contribution >= 0.6 is 0 Å². The number of nitrogens with one attached hydrogen (secondary N) is 1. The second kappa shape index (κ2) is 4.99. The number of carbonyl (C=O) groups excluding carboxylic acids is 2. The Bertz CT molecular complexity index is 495. The summed E-state index contributed by atoms with van der Waals surface area (Å²) in [5.74, 6) is 0.807. The van der Waals surface area contributed by atoms with Crippen LogP contribution in [0.3, 0.4) is 0 Å². The zero-order chi connectivity index (χ0) is 14.0. The predicted molar refractivity (Wildman–Crippen MR) is 66.2 cm³/mol. The van der Waals surface area contributed by atoms with Gasteiger partial charge in [-0.15, -0.1) is 0 Å². The van der Waals surface area contributed by atoms with E-state index in [0.717, 1.165) is 0 Å². The Balaban J connectivity index is 1.97. The fourth-order valence-corrected chi connectivity index (χ4v) is 2.13. The van der Waals surface area contributed by atoms with Crippen LogP contribution in [-0.2, 0) is 16.0 Å². The highest BCUT2D eigenvalue weighted by molar-refractivity contribution is 5.91. The van der Waals surface area contributed by atoms with E-state index in [0.29, 0.717) is 31.2 Å². The van der Waals surface area contributed by atoms with Crippen LogP contribution in [0.4, 0.5) is 0 Å². The molecule has 104 valence electrons. The summed E-state index contributed by atoms with van der Waals surface area (Å²) in [4.78, 5) is 29.6. The average molecular weight is 266 g/mol. The molecule has 1 aliphatic rings. The molecule has 1 aliphatic heterocycles. The zero-order valence-corrected chi connectivity index (χ0v) is 11.4. The van der Waals surface area contributed by atoms with Gasteiger partial charge in [-0.1, -0.05) is 5.16 Å². The van der Waals surface area contributed by atoms with Crippen molar-refractivity contribution in [1.29, 1.82) is 0 Å². The van der Waals surface area contributed by atoms with E-state index in [1.165, 1.54) is 0 Å². The van der Waals surface area contributed by atoms with Crippen LogP contribution in [-0.4, -0.2) is 45.5 Å². The van der Waals surface area contributed by atoms with Crippen molar-refractivity contribution in [3.8, 4) is 0 Å². The molecule has 2 amide bonds. The molecule has 0 radical (unpaired) electrons. The van der Waals surface area contributed by atoms with E-state index in [1.807, 2.05) is 0 Å². The number of piperazine rings is 1. The highest BCUT2D eigenvalue weighted by atomic mass is 16.5. The summed E-state index contributed by atoms with van der Waals surface area (Å²) in [6.07, 6.45) is 0.659. The van der Waals surface area contributed by atoms with Crippen molar-refractivity contribution in [2.24, 2.45) is 0 Å². The number of amides is 2. The van der Waals surface area contributed by atoms with Crippen LogP contribution in [0.1, 0.15) is 32.0 Å². The molecule has 2 heterocycles. The van der Waals surface area contributed by atoms with Crippen LogP contribution in [0, 0.1) is 6.92 Å². The molecule has 1 aromatic rings. The van der Waals surface area contributed by atoms with Crippen molar-refractivity contribution < 1.29 is 14.1 Å². The molecule has 0 spiro atoms. The lowest BCUT2D eigenvalue weighted by Crippen LogP contribution is -2.63. The molecule has 0 unspecified atom stereocenters. The largest absolute Gasteiger partial charge is 0.352 e. The zero-order valence-electron chi connectivity index (χ0n) is 11.4. The van der Waals surface area contributed by atoms with E-state index in [4.69, 9.17) is 4.52 Å². The maximum absolute atomic E-state index is 12.2. The average Bonchev–Trinajstić information content (AvgIpc) is 2.75. The SMILES string of the molecule is Cc1noc(CCC(=O)N2CCNC(=O)C2(C)C)n1. The van der Waals surface area contributed by atoms with Crippen LogP contribution in [0.15, 0.2) is 4.52 Å². The Hall–Kier alpha value is -1.92. The second-order valence-corrected chi connectivity index (χ2v) is 5.10. The second-order valence-electron chi connectivity index (χ2n) is 5.10. The lowest BCUT2D eigenvalue weighted by atomic mass is 9.98. The minimum Gasteiger partial charge on any atom is -0.352 e. The predicted octanol–water partition coefficient (Wildman–Crippen LogP) is 0.0476. The smallest absolute Gasteiger partial charge is 0.245 e. The molecule has 0 atom stereocenters. The molecule has 1 aromatic heterocycles. The summed E-state index contributed by atoms with van der Waals surface area (Å²) >= 11 is 0. The molecule has 1 fully saturated rings. The van der Waals surface area contributed by atoms with E-state index in [2.05, 4.69) is 15.5 Å². The van der Waals surface area contributed by atoms with Crippen molar-refractivity contribution in [2.45, 2.75) is 39.2 Å².